The van der Waals surface area contributed by atoms with Gasteiger partial charge in [0.05, 0.1) is 25.9 Å². The van der Waals surface area contributed by atoms with E-state index in [-0.39, 0.29) is 23.2 Å². The third-order valence-electron chi connectivity index (χ3n) is 9.93. The molecule has 14 heteroatoms. The first kappa shape index (κ1) is 38.5. The Morgan fingerprint density at radius 1 is 0.925 bits per heavy atom. The van der Waals surface area contributed by atoms with Crippen LogP contribution in [0.25, 0.3) is 11.1 Å². The first-order chi connectivity index (χ1) is 25.2. The predicted molar refractivity (Wildman–Crippen MR) is 188 cm³/mol. The summed E-state index contributed by atoms with van der Waals surface area (Å²) in [5.41, 5.74) is 4.30. The number of ether oxygens (including phenoxy) is 2. The Kier molecular flexibility index (Phi) is 11.6. The number of alkyl halides is 3. The van der Waals surface area contributed by atoms with Crippen molar-refractivity contribution in [1.82, 2.24) is 4.90 Å². The maximum absolute atomic E-state index is 14.1. The molecule has 3 atom stereocenters. The van der Waals surface area contributed by atoms with E-state index in [1.165, 1.54) is 11.6 Å². The highest BCUT2D eigenvalue weighted by molar-refractivity contribution is 6.02. The number of likely N-dealkylation sites (N-methyl/N-ethyl adjacent to an activating group) is 1. The Morgan fingerprint density at radius 2 is 1.62 bits per heavy atom. The zero-order chi connectivity index (χ0) is 38.5. The number of rotatable bonds is 7. The number of amides is 2. The van der Waals surface area contributed by atoms with Crippen molar-refractivity contribution < 1.29 is 46.1 Å². The standard InChI is InChI=1S/C37H36F2N4O3.C2HF3O2/c1-42-18-17-37(27-9-14-33(45-2)34(20-27)46-3)16-15-30(22-35(37)42)43(36(44)41-28-10-13-31(38)32(39)21-28)29-11-7-25(8-12-29)26-6-4-5-24(19-26)23-40;3-2(4,5)1(6)7/h4-14,19-21,30,35H,15-18,22H2,1-3H3,(H,41,44);(H,6,7)/t30-,35+,37+;/m1./s1. The van der Waals surface area contributed by atoms with Crippen molar-refractivity contribution in [2.24, 2.45) is 0 Å². The van der Waals surface area contributed by atoms with Crippen LogP contribution in [0.5, 0.6) is 11.5 Å². The first-order valence-corrected chi connectivity index (χ1v) is 16.6. The number of nitrogens with zero attached hydrogens (tertiary/aromatic N) is 3. The van der Waals surface area contributed by atoms with Crippen LogP contribution in [0, 0.1) is 23.0 Å². The normalized spacial score (nSPS) is 19.5. The van der Waals surface area contributed by atoms with Gasteiger partial charge in [-0.25, -0.2) is 18.4 Å². The summed E-state index contributed by atoms with van der Waals surface area (Å²) in [5.74, 6) is -3.39. The average molecular weight is 737 g/mol. The fraction of sp³-hybridized carbons (Fsp3) is 0.308. The molecule has 0 bridgehead atoms. The molecule has 53 heavy (non-hydrogen) atoms. The van der Waals surface area contributed by atoms with Crippen LogP contribution in [-0.4, -0.2) is 68.1 Å². The number of methoxy groups -OCH3 is 2. The number of nitriles is 1. The minimum Gasteiger partial charge on any atom is -0.493 e. The number of halogens is 5. The van der Waals surface area contributed by atoms with Gasteiger partial charge in [0.15, 0.2) is 23.1 Å². The molecule has 2 aliphatic rings. The number of carboxylic acids is 1. The molecule has 6 rings (SSSR count). The lowest BCUT2D eigenvalue weighted by atomic mass is 9.64. The van der Waals surface area contributed by atoms with Gasteiger partial charge in [0.25, 0.3) is 0 Å². The van der Waals surface area contributed by atoms with Crippen molar-refractivity contribution in [2.75, 3.05) is 38.0 Å². The van der Waals surface area contributed by atoms with Crippen LogP contribution in [0.15, 0.2) is 84.9 Å². The highest BCUT2D eigenvalue weighted by Crippen LogP contribution is 2.51. The molecule has 1 heterocycles. The number of fused-ring (bicyclic) bond motifs is 1. The smallest absolute Gasteiger partial charge is 0.490 e. The van der Waals surface area contributed by atoms with E-state index in [9.17, 15) is 32.0 Å². The number of aliphatic carboxylic acids is 1. The largest absolute Gasteiger partial charge is 0.493 e. The van der Waals surface area contributed by atoms with Crippen LogP contribution < -0.4 is 19.7 Å². The SMILES string of the molecule is COc1ccc([C@@]23CC[C@@H](N(C(=O)Nc4ccc(F)c(F)c4)c4ccc(-c5cccc(C#N)c5)cc4)C[C@@H]2N(C)CC3)cc1OC.O=C(O)C(F)(F)F. The third-order valence-corrected chi connectivity index (χ3v) is 9.93. The van der Waals surface area contributed by atoms with E-state index in [4.69, 9.17) is 19.4 Å². The van der Waals surface area contributed by atoms with Crippen molar-refractivity contribution in [3.8, 4) is 28.7 Å². The molecule has 2 fully saturated rings. The Bertz CT molecular complexity index is 2000. The molecule has 1 saturated heterocycles. The minimum absolute atomic E-state index is 0.122. The molecule has 0 spiro atoms. The number of benzene rings is 4. The van der Waals surface area contributed by atoms with Crippen molar-refractivity contribution in [2.45, 2.75) is 49.4 Å². The van der Waals surface area contributed by atoms with E-state index in [0.29, 0.717) is 29.2 Å². The van der Waals surface area contributed by atoms with E-state index in [1.807, 2.05) is 48.5 Å². The molecular formula is C39H37F5N4O5. The zero-order valence-electron chi connectivity index (χ0n) is 29.1. The monoisotopic (exact) mass is 736 g/mol. The summed E-state index contributed by atoms with van der Waals surface area (Å²) in [6.45, 7) is 0.920. The van der Waals surface area contributed by atoms with E-state index in [2.05, 4.69) is 35.5 Å². The van der Waals surface area contributed by atoms with Crippen LogP contribution in [0.2, 0.25) is 0 Å². The lowest BCUT2D eigenvalue weighted by Crippen LogP contribution is -2.54. The number of hydrogen-bond acceptors (Lipinski definition) is 6. The van der Waals surface area contributed by atoms with Crippen molar-refractivity contribution in [1.29, 1.82) is 5.26 Å². The summed E-state index contributed by atoms with van der Waals surface area (Å²) in [5, 5.41) is 19.3. The summed E-state index contributed by atoms with van der Waals surface area (Å²) in [6.07, 6.45) is -1.82. The summed E-state index contributed by atoms with van der Waals surface area (Å²) in [7, 11) is 5.40. The molecule has 0 radical (unpaired) electrons. The van der Waals surface area contributed by atoms with E-state index >= 15 is 0 Å². The number of likely N-dealkylation sites (tertiary alicyclic amines) is 1. The van der Waals surface area contributed by atoms with Crippen LogP contribution in [0.3, 0.4) is 0 Å². The molecule has 2 amide bonds. The Morgan fingerprint density at radius 3 is 2.25 bits per heavy atom. The molecule has 1 saturated carbocycles. The lowest BCUT2D eigenvalue weighted by molar-refractivity contribution is -0.192. The third kappa shape index (κ3) is 8.36. The van der Waals surface area contributed by atoms with Crippen LogP contribution in [-0.2, 0) is 10.2 Å². The van der Waals surface area contributed by atoms with Gasteiger partial charge in [0, 0.05) is 34.9 Å². The topological polar surface area (TPSA) is 115 Å². The number of hydrogen-bond donors (Lipinski definition) is 2. The molecule has 1 aliphatic heterocycles. The first-order valence-electron chi connectivity index (χ1n) is 16.6. The maximum Gasteiger partial charge on any atom is 0.490 e. The number of urea groups is 1. The van der Waals surface area contributed by atoms with Crippen molar-refractivity contribution in [3.05, 3.63) is 108 Å². The van der Waals surface area contributed by atoms with E-state index < -0.39 is 29.8 Å². The highest BCUT2D eigenvalue weighted by atomic mass is 19.4. The van der Waals surface area contributed by atoms with Gasteiger partial charge in [-0.1, -0.05) is 30.3 Å². The number of carbonyl (C=O) groups is 2. The molecule has 4 aromatic carbocycles. The van der Waals surface area contributed by atoms with Gasteiger partial charge in [0.1, 0.15) is 0 Å². The summed E-state index contributed by atoms with van der Waals surface area (Å²) >= 11 is 0. The predicted octanol–water partition coefficient (Wildman–Crippen LogP) is 8.39. The Hall–Kier alpha value is -5.68. The van der Waals surface area contributed by atoms with Gasteiger partial charge in [-0.2, -0.15) is 18.4 Å². The van der Waals surface area contributed by atoms with Gasteiger partial charge in [0.2, 0.25) is 0 Å². The molecule has 0 aromatic heterocycles. The number of nitrogens with one attached hydrogen (secondary N) is 1. The second-order valence-electron chi connectivity index (χ2n) is 12.9. The quantitative estimate of drug-likeness (QED) is 0.183. The second-order valence-corrected chi connectivity index (χ2v) is 12.9. The fourth-order valence-electron chi connectivity index (χ4n) is 7.31. The molecule has 278 valence electrons. The van der Waals surface area contributed by atoms with Gasteiger partial charge < -0.3 is 24.8 Å². The van der Waals surface area contributed by atoms with Gasteiger partial charge in [-0.15, -0.1) is 0 Å². The number of anilines is 2. The van der Waals surface area contributed by atoms with Crippen LogP contribution in [0.4, 0.5) is 38.1 Å². The molecule has 9 nitrogen and oxygen atoms in total. The molecule has 2 N–H and O–H groups in total. The van der Waals surface area contributed by atoms with Crippen molar-refractivity contribution >= 4 is 23.4 Å². The van der Waals surface area contributed by atoms with Crippen LogP contribution in [0.1, 0.15) is 36.8 Å². The van der Waals surface area contributed by atoms with Gasteiger partial charge in [-0.3, -0.25) is 4.90 Å². The zero-order valence-corrected chi connectivity index (χ0v) is 29.1. The number of carbonyl (C=O) groups excluding carboxylic acids is 1. The maximum atomic E-state index is 14.1. The Labute approximate surface area is 303 Å². The lowest BCUT2D eigenvalue weighted by Gasteiger charge is -2.47. The molecular weight excluding hydrogens is 699 g/mol. The van der Waals surface area contributed by atoms with Crippen LogP contribution >= 0.6 is 0 Å². The summed E-state index contributed by atoms with van der Waals surface area (Å²) in [6, 6.07) is 26.3. The Balaban J connectivity index is 0.000000705. The number of carboxylic acid groups (broad SMARTS) is 1. The minimum atomic E-state index is -5.08. The fourth-order valence-corrected chi connectivity index (χ4v) is 7.31. The van der Waals surface area contributed by atoms with Crippen molar-refractivity contribution in [3.63, 3.8) is 0 Å². The summed E-state index contributed by atoms with van der Waals surface area (Å²) in [4.78, 5) is 27.1. The molecule has 0 unspecified atom stereocenters. The molecule has 1 aliphatic carbocycles. The average Bonchev–Trinajstić information content (AvgIpc) is 3.49. The van der Waals surface area contributed by atoms with E-state index in [0.717, 1.165) is 49.1 Å². The van der Waals surface area contributed by atoms with Gasteiger partial charge in [-0.05, 0) is 104 Å². The molecule has 4 aromatic rings. The van der Waals surface area contributed by atoms with E-state index in [1.54, 1.807) is 25.2 Å². The highest BCUT2D eigenvalue weighted by Gasteiger charge is 2.52. The second kappa shape index (κ2) is 15.9. The van der Waals surface area contributed by atoms with Gasteiger partial charge >= 0.3 is 18.2 Å². The summed E-state index contributed by atoms with van der Waals surface area (Å²) < 4.78 is 70.6.